The molecule has 0 fully saturated rings. The number of hydrogen-bond acceptors (Lipinski definition) is 2. The Morgan fingerprint density at radius 3 is 2.47 bits per heavy atom. The number of halogens is 1. The molecule has 5 heteroatoms. The molecule has 17 heavy (non-hydrogen) atoms. The summed E-state index contributed by atoms with van der Waals surface area (Å²) in [5.41, 5.74) is 1.71. The van der Waals surface area contributed by atoms with Crippen LogP contribution < -0.4 is 10.2 Å². The van der Waals surface area contributed by atoms with Crippen LogP contribution in [-0.4, -0.2) is 24.4 Å². The summed E-state index contributed by atoms with van der Waals surface area (Å²) in [7, 11) is 1.60. The Hall–Kier alpha value is -1.55. The first kappa shape index (κ1) is 13.5. The van der Waals surface area contributed by atoms with Gasteiger partial charge >= 0.3 is 6.03 Å². The molecule has 0 heterocycles. The largest absolute Gasteiger partial charge is 0.328 e. The highest BCUT2D eigenvalue weighted by Crippen LogP contribution is 2.17. The first-order valence-electron chi connectivity index (χ1n) is 5.21. The van der Waals surface area contributed by atoms with E-state index >= 15 is 0 Å². The average molecular weight is 255 g/mol. The lowest BCUT2D eigenvalue weighted by Crippen LogP contribution is -2.43. The van der Waals surface area contributed by atoms with E-state index in [0.717, 1.165) is 11.3 Å². The van der Waals surface area contributed by atoms with E-state index < -0.39 is 17.3 Å². The van der Waals surface area contributed by atoms with Crippen molar-refractivity contribution < 1.29 is 9.59 Å². The van der Waals surface area contributed by atoms with Crippen LogP contribution in [0, 0.1) is 6.92 Å². The maximum absolute atomic E-state index is 11.7. The van der Waals surface area contributed by atoms with Gasteiger partial charge in [0.2, 0.25) is 5.91 Å². The number of rotatable bonds is 2. The number of amides is 3. The number of hydrogen-bond donors (Lipinski definition) is 1. The van der Waals surface area contributed by atoms with Gasteiger partial charge in [0.25, 0.3) is 0 Å². The zero-order valence-electron chi connectivity index (χ0n) is 10.0. The van der Waals surface area contributed by atoms with E-state index in [1.807, 2.05) is 31.2 Å². The van der Waals surface area contributed by atoms with Crippen molar-refractivity contribution in [2.45, 2.75) is 19.2 Å². The van der Waals surface area contributed by atoms with Crippen LogP contribution in [0.5, 0.6) is 0 Å². The van der Waals surface area contributed by atoms with Crippen LogP contribution in [0.1, 0.15) is 12.5 Å². The molecule has 0 bridgehead atoms. The second kappa shape index (κ2) is 5.68. The summed E-state index contributed by atoms with van der Waals surface area (Å²) in [5.74, 6) is -0.503. The van der Waals surface area contributed by atoms with Gasteiger partial charge in [-0.3, -0.25) is 15.0 Å². The first-order chi connectivity index (χ1) is 7.93. The van der Waals surface area contributed by atoms with Gasteiger partial charge in [-0.05, 0) is 25.5 Å². The summed E-state index contributed by atoms with van der Waals surface area (Å²) in [4.78, 5) is 24.4. The maximum Gasteiger partial charge on any atom is 0.328 e. The zero-order chi connectivity index (χ0) is 13.0. The smallest absolute Gasteiger partial charge is 0.297 e. The van der Waals surface area contributed by atoms with Crippen molar-refractivity contribution in [2.24, 2.45) is 0 Å². The number of urea groups is 1. The summed E-state index contributed by atoms with van der Waals surface area (Å²) in [5, 5.41) is 1.49. The van der Waals surface area contributed by atoms with Crippen LogP contribution in [0.25, 0.3) is 0 Å². The summed E-state index contributed by atoms with van der Waals surface area (Å²) in [6.07, 6.45) is 0. The van der Waals surface area contributed by atoms with E-state index in [1.54, 1.807) is 7.05 Å². The van der Waals surface area contributed by atoms with Crippen molar-refractivity contribution in [3.05, 3.63) is 29.8 Å². The second-order valence-corrected chi connectivity index (χ2v) is 4.41. The monoisotopic (exact) mass is 254 g/mol. The molecule has 1 rings (SSSR count). The molecule has 92 valence electrons. The first-order valence-corrected chi connectivity index (χ1v) is 5.65. The minimum absolute atomic E-state index is 0.489. The second-order valence-electron chi connectivity index (χ2n) is 3.76. The lowest BCUT2D eigenvalue weighted by Gasteiger charge is -2.19. The Labute approximate surface area is 106 Å². The van der Waals surface area contributed by atoms with Crippen molar-refractivity contribution in [3.63, 3.8) is 0 Å². The molecule has 0 aliphatic heterocycles. The highest BCUT2D eigenvalue weighted by atomic mass is 35.5. The highest BCUT2D eigenvalue weighted by molar-refractivity contribution is 6.31. The molecule has 3 amide bonds. The Bertz CT molecular complexity index is 432. The number of carbonyl (C=O) groups excluding carboxylic acids is 2. The molecular weight excluding hydrogens is 240 g/mol. The third-order valence-electron chi connectivity index (χ3n) is 2.37. The van der Waals surface area contributed by atoms with Crippen molar-refractivity contribution in [1.29, 1.82) is 0 Å². The zero-order valence-corrected chi connectivity index (χ0v) is 10.8. The number of nitrogens with zero attached hydrogens (tertiary/aromatic N) is 1. The van der Waals surface area contributed by atoms with Gasteiger partial charge in [0.15, 0.2) is 0 Å². The minimum atomic E-state index is -0.732. The fraction of sp³-hybridized carbons (Fsp3) is 0.333. The van der Waals surface area contributed by atoms with Crippen LogP contribution in [0.2, 0.25) is 0 Å². The van der Waals surface area contributed by atoms with E-state index in [2.05, 4.69) is 5.32 Å². The third kappa shape index (κ3) is 3.46. The SMILES string of the molecule is Cc1ccccc1N(C)C(=O)NC(=O)C(C)Cl. The van der Waals surface area contributed by atoms with Crippen LogP contribution in [-0.2, 0) is 4.79 Å². The molecule has 1 aromatic rings. The summed E-state index contributed by atoms with van der Waals surface area (Å²) in [6, 6.07) is 6.93. The number of imide groups is 1. The highest BCUT2D eigenvalue weighted by Gasteiger charge is 2.17. The number of anilines is 1. The fourth-order valence-electron chi connectivity index (χ4n) is 1.34. The lowest BCUT2D eigenvalue weighted by molar-refractivity contribution is -0.119. The van der Waals surface area contributed by atoms with Crippen molar-refractivity contribution in [3.8, 4) is 0 Å². The summed E-state index contributed by atoms with van der Waals surface area (Å²) in [6.45, 7) is 3.41. The Balaban J connectivity index is 2.77. The molecule has 0 aliphatic carbocycles. The Morgan fingerprint density at radius 2 is 1.94 bits per heavy atom. The average Bonchev–Trinajstić information content (AvgIpc) is 2.28. The number of nitrogens with one attached hydrogen (secondary N) is 1. The van der Waals surface area contributed by atoms with Gasteiger partial charge in [-0.25, -0.2) is 4.79 Å². The Morgan fingerprint density at radius 1 is 1.35 bits per heavy atom. The molecule has 1 aromatic carbocycles. The van der Waals surface area contributed by atoms with Gasteiger partial charge in [-0.1, -0.05) is 18.2 Å². The van der Waals surface area contributed by atoms with Gasteiger partial charge < -0.3 is 0 Å². The predicted octanol–water partition coefficient (Wildman–Crippen LogP) is 2.29. The maximum atomic E-state index is 11.7. The van der Waals surface area contributed by atoms with Crippen LogP contribution in [0.3, 0.4) is 0 Å². The third-order valence-corrected chi connectivity index (χ3v) is 2.57. The van der Waals surface area contributed by atoms with Gasteiger partial charge in [0.05, 0.1) is 0 Å². The molecule has 0 saturated carbocycles. The molecule has 0 radical (unpaired) electrons. The summed E-state index contributed by atoms with van der Waals surface area (Å²) < 4.78 is 0. The van der Waals surface area contributed by atoms with Gasteiger partial charge in [0.1, 0.15) is 5.38 Å². The molecule has 0 spiro atoms. The van der Waals surface area contributed by atoms with E-state index in [1.165, 1.54) is 11.8 Å². The molecule has 1 atom stereocenters. The van der Waals surface area contributed by atoms with E-state index in [9.17, 15) is 9.59 Å². The molecule has 1 unspecified atom stereocenters. The standard InChI is InChI=1S/C12H15ClN2O2/c1-8-6-4-5-7-10(8)15(3)12(17)14-11(16)9(2)13/h4-7,9H,1-3H3,(H,14,16,17). The molecule has 4 nitrogen and oxygen atoms in total. The van der Waals surface area contributed by atoms with Crippen molar-refractivity contribution >= 4 is 29.2 Å². The molecule has 0 aromatic heterocycles. The Kier molecular flexibility index (Phi) is 4.52. The van der Waals surface area contributed by atoms with E-state index in [0.29, 0.717) is 0 Å². The molecule has 0 aliphatic rings. The van der Waals surface area contributed by atoms with Crippen LogP contribution in [0.15, 0.2) is 24.3 Å². The van der Waals surface area contributed by atoms with E-state index in [-0.39, 0.29) is 0 Å². The molecule has 1 N–H and O–H groups in total. The molecule has 0 saturated heterocycles. The van der Waals surface area contributed by atoms with Crippen molar-refractivity contribution in [1.82, 2.24) is 5.32 Å². The lowest BCUT2D eigenvalue weighted by atomic mass is 10.2. The van der Waals surface area contributed by atoms with Gasteiger partial charge in [-0.15, -0.1) is 11.6 Å². The van der Waals surface area contributed by atoms with Crippen molar-refractivity contribution in [2.75, 3.05) is 11.9 Å². The number of para-hydroxylation sites is 1. The predicted molar refractivity (Wildman–Crippen MR) is 68.4 cm³/mol. The summed E-state index contributed by atoms with van der Waals surface area (Å²) >= 11 is 5.57. The van der Waals surface area contributed by atoms with Gasteiger partial charge in [-0.2, -0.15) is 0 Å². The fourth-order valence-corrected chi connectivity index (χ4v) is 1.39. The number of carbonyl (C=O) groups is 2. The molecular formula is C12H15ClN2O2. The normalized spacial score (nSPS) is 11.8. The minimum Gasteiger partial charge on any atom is -0.297 e. The topological polar surface area (TPSA) is 49.4 Å². The van der Waals surface area contributed by atoms with E-state index in [4.69, 9.17) is 11.6 Å². The number of benzene rings is 1. The van der Waals surface area contributed by atoms with Crippen LogP contribution in [0.4, 0.5) is 10.5 Å². The number of aryl methyl sites for hydroxylation is 1. The quantitative estimate of drug-likeness (QED) is 0.824. The van der Waals surface area contributed by atoms with Gasteiger partial charge in [0, 0.05) is 12.7 Å². The number of alkyl halides is 1. The van der Waals surface area contributed by atoms with Crippen LogP contribution >= 0.6 is 11.6 Å².